The number of rotatable bonds is 4. The van der Waals surface area contributed by atoms with Crippen LogP contribution in [0.1, 0.15) is 42.4 Å². The maximum atomic E-state index is 13.3. The van der Waals surface area contributed by atoms with Gasteiger partial charge in [0.05, 0.1) is 18.0 Å². The van der Waals surface area contributed by atoms with E-state index >= 15 is 0 Å². The Hall–Kier alpha value is -2.18. The molecule has 0 radical (unpaired) electrons. The van der Waals surface area contributed by atoms with Crippen molar-refractivity contribution in [2.24, 2.45) is 0 Å². The van der Waals surface area contributed by atoms with Crippen molar-refractivity contribution in [2.45, 2.75) is 50.7 Å². The first-order chi connectivity index (χ1) is 11.7. The number of aromatic nitrogens is 2. The summed E-state index contributed by atoms with van der Waals surface area (Å²) in [5.41, 5.74) is -1.27. The zero-order chi connectivity index (χ0) is 18.2. The van der Waals surface area contributed by atoms with Crippen LogP contribution in [0.5, 0.6) is 0 Å². The number of benzene rings is 1. The number of ketones is 1. The zero-order valence-corrected chi connectivity index (χ0v) is 13.7. The molecule has 0 amide bonds. The lowest BCUT2D eigenvalue weighted by Crippen LogP contribution is -2.41. The topological polar surface area (TPSA) is 34.9 Å². The van der Waals surface area contributed by atoms with Gasteiger partial charge in [-0.1, -0.05) is 25.0 Å². The van der Waals surface area contributed by atoms with Gasteiger partial charge in [0, 0.05) is 6.42 Å². The van der Waals surface area contributed by atoms with E-state index in [2.05, 4.69) is 5.10 Å². The summed E-state index contributed by atoms with van der Waals surface area (Å²) in [4.78, 5) is 12.9. The minimum atomic E-state index is -4.46. The Morgan fingerprint density at radius 1 is 1.28 bits per heavy atom. The largest absolute Gasteiger partial charge is 0.416 e. The van der Waals surface area contributed by atoms with Crippen LogP contribution in [0.4, 0.5) is 17.6 Å². The molecule has 1 fully saturated rings. The van der Waals surface area contributed by atoms with E-state index in [-0.39, 0.29) is 17.8 Å². The number of aryl methyl sites for hydroxylation is 1. The molecule has 0 bridgehead atoms. The number of hydrogen-bond acceptors (Lipinski definition) is 2. The number of Topliss-reactive ketones (excluding diaryl/α,β-unsaturated/α-hetero) is 1. The van der Waals surface area contributed by atoms with Crippen LogP contribution >= 0.6 is 0 Å². The highest BCUT2D eigenvalue weighted by Crippen LogP contribution is 2.38. The molecule has 1 aromatic carbocycles. The monoisotopic (exact) mass is 354 g/mol. The van der Waals surface area contributed by atoms with E-state index in [0.29, 0.717) is 18.4 Å². The van der Waals surface area contributed by atoms with Crippen LogP contribution < -0.4 is 0 Å². The minimum absolute atomic E-state index is 0.119. The Bertz CT molecular complexity index is 789. The normalized spacial score (nSPS) is 17.0. The van der Waals surface area contributed by atoms with Crippen molar-refractivity contribution >= 4 is 5.78 Å². The Balaban J connectivity index is 1.90. The van der Waals surface area contributed by atoms with Gasteiger partial charge in [0.25, 0.3) is 0 Å². The number of halogens is 4. The van der Waals surface area contributed by atoms with E-state index in [4.69, 9.17) is 0 Å². The van der Waals surface area contributed by atoms with Crippen molar-refractivity contribution in [1.82, 2.24) is 9.78 Å². The third-order valence-corrected chi connectivity index (χ3v) is 4.91. The van der Waals surface area contributed by atoms with Crippen molar-refractivity contribution < 1.29 is 22.4 Å². The van der Waals surface area contributed by atoms with Gasteiger partial charge in [-0.25, -0.2) is 4.39 Å². The van der Waals surface area contributed by atoms with E-state index in [1.165, 1.54) is 29.9 Å². The second-order valence-electron chi connectivity index (χ2n) is 6.59. The van der Waals surface area contributed by atoms with Crippen molar-refractivity contribution in [3.63, 3.8) is 0 Å². The molecule has 1 aromatic heterocycles. The Kier molecular flexibility index (Phi) is 4.43. The highest BCUT2D eigenvalue weighted by Gasteiger charge is 2.43. The van der Waals surface area contributed by atoms with Gasteiger partial charge >= 0.3 is 6.18 Å². The van der Waals surface area contributed by atoms with Crippen LogP contribution in [0.2, 0.25) is 0 Å². The quantitative estimate of drug-likeness (QED) is 0.762. The van der Waals surface area contributed by atoms with Crippen LogP contribution in [-0.2, 0) is 22.9 Å². The van der Waals surface area contributed by atoms with E-state index in [0.717, 1.165) is 25.1 Å². The third kappa shape index (κ3) is 3.32. The summed E-state index contributed by atoms with van der Waals surface area (Å²) in [6.07, 6.45) is 0.268. The SMILES string of the molecule is Cc1ccc(CC(=O)C2(n3cc(F)cn3)CCCC2)cc1C(F)(F)F. The standard InChI is InChI=1S/C18H18F4N2O/c1-12-4-5-13(8-15(12)18(20,21)22)9-16(25)17(6-2-3-7-17)24-11-14(19)10-23-24/h4-5,8,10-11H,2-3,6-7,9H2,1H3. The fourth-order valence-corrected chi connectivity index (χ4v) is 3.56. The second-order valence-corrected chi connectivity index (χ2v) is 6.59. The molecule has 0 aliphatic heterocycles. The molecule has 3 nitrogen and oxygen atoms in total. The smallest absolute Gasteiger partial charge is 0.297 e. The summed E-state index contributed by atoms with van der Waals surface area (Å²) >= 11 is 0. The summed E-state index contributed by atoms with van der Waals surface area (Å²) in [6, 6.07) is 3.94. The van der Waals surface area contributed by atoms with Crippen molar-refractivity contribution in [1.29, 1.82) is 0 Å². The van der Waals surface area contributed by atoms with Gasteiger partial charge in [-0.2, -0.15) is 18.3 Å². The molecule has 1 aliphatic rings. The maximum Gasteiger partial charge on any atom is 0.416 e. The first-order valence-corrected chi connectivity index (χ1v) is 8.13. The lowest BCUT2D eigenvalue weighted by atomic mass is 9.87. The Labute approximate surface area is 142 Å². The summed E-state index contributed by atoms with van der Waals surface area (Å²) in [7, 11) is 0. The molecule has 3 rings (SSSR count). The van der Waals surface area contributed by atoms with Crippen LogP contribution in [0.3, 0.4) is 0 Å². The fourth-order valence-electron chi connectivity index (χ4n) is 3.56. The van der Waals surface area contributed by atoms with Gasteiger partial charge in [0.15, 0.2) is 11.6 Å². The third-order valence-electron chi connectivity index (χ3n) is 4.91. The van der Waals surface area contributed by atoms with E-state index in [1.807, 2.05) is 0 Å². The van der Waals surface area contributed by atoms with Gasteiger partial charge in [-0.15, -0.1) is 0 Å². The van der Waals surface area contributed by atoms with Crippen LogP contribution in [-0.4, -0.2) is 15.6 Å². The van der Waals surface area contributed by atoms with Gasteiger partial charge in [0.1, 0.15) is 5.54 Å². The average Bonchev–Trinajstić information content (AvgIpc) is 3.17. The summed E-state index contributed by atoms with van der Waals surface area (Å²) < 4.78 is 53.9. The molecule has 0 atom stereocenters. The molecular formula is C18H18F4N2O. The zero-order valence-electron chi connectivity index (χ0n) is 13.7. The maximum absolute atomic E-state index is 13.3. The predicted molar refractivity (Wildman–Crippen MR) is 83.5 cm³/mol. The lowest BCUT2D eigenvalue weighted by Gasteiger charge is -2.28. The lowest BCUT2D eigenvalue weighted by molar-refractivity contribution is -0.138. The Morgan fingerprint density at radius 2 is 1.96 bits per heavy atom. The van der Waals surface area contributed by atoms with Crippen molar-refractivity contribution in [3.05, 3.63) is 53.1 Å². The molecule has 1 heterocycles. The number of carbonyl (C=O) groups is 1. The molecule has 7 heteroatoms. The van der Waals surface area contributed by atoms with Gasteiger partial charge in [-0.05, 0) is 37.0 Å². The first-order valence-electron chi connectivity index (χ1n) is 8.13. The molecular weight excluding hydrogens is 336 g/mol. The molecule has 0 spiro atoms. The molecule has 134 valence electrons. The van der Waals surface area contributed by atoms with E-state index < -0.39 is 23.1 Å². The van der Waals surface area contributed by atoms with E-state index in [9.17, 15) is 22.4 Å². The van der Waals surface area contributed by atoms with Gasteiger partial charge in [-0.3, -0.25) is 9.48 Å². The number of hydrogen-bond donors (Lipinski definition) is 0. The molecule has 25 heavy (non-hydrogen) atoms. The van der Waals surface area contributed by atoms with Crippen molar-refractivity contribution in [2.75, 3.05) is 0 Å². The summed E-state index contributed by atoms with van der Waals surface area (Å²) in [5.74, 6) is -0.765. The molecule has 1 saturated carbocycles. The number of nitrogens with zero attached hydrogens (tertiary/aromatic N) is 2. The highest BCUT2D eigenvalue weighted by atomic mass is 19.4. The minimum Gasteiger partial charge on any atom is -0.297 e. The van der Waals surface area contributed by atoms with Gasteiger partial charge < -0.3 is 0 Å². The predicted octanol–water partition coefficient (Wildman–Crippen LogP) is 4.43. The average molecular weight is 354 g/mol. The molecule has 0 saturated heterocycles. The number of alkyl halides is 3. The number of carbonyl (C=O) groups excluding carboxylic acids is 1. The summed E-state index contributed by atoms with van der Waals surface area (Å²) in [6.45, 7) is 1.39. The fraction of sp³-hybridized carbons (Fsp3) is 0.444. The van der Waals surface area contributed by atoms with E-state index in [1.54, 1.807) is 0 Å². The van der Waals surface area contributed by atoms with Crippen LogP contribution in [0, 0.1) is 12.7 Å². The second kappa shape index (κ2) is 6.28. The van der Waals surface area contributed by atoms with Crippen LogP contribution in [0.25, 0.3) is 0 Å². The van der Waals surface area contributed by atoms with Gasteiger partial charge in [0.2, 0.25) is 0 Å². The first kappa shape index (κ1) is 17.6. The molecule has 1 aliphatic carbocycles. The van der Waals surface area contributed by atoms with Crippen molar-refractivity contribution in [3.8, 4) is 0 Å². The highest BCUT2D eigenvalue weighted by molar-refractivity contribution is 5.88. The molecule has 0 N–H and O–H groups in total. The molecule has 2 aromatic rings. The molecule has 0 unspecified atom stereocenters. The van der Waals surface area contributed by atoms with Crippen LogP contribution in [0.15, 0.2) is 30.6 Å². The summed E-state index contributed by atoms with van der Waals surface area (Å²) in [5, 5.41) is 3.94. The Morgan fingerprint density at radius 3 is 2.52 bits per heavy atom.